The lowest BCUT2D eigenvalue weighted by Gasteiger charge is -2.26. The maximum absolute atomic E-state index is 13.1. The van der Waals surface area contributed by atoms with Gasteiger partial charge in [0, 0.05) is 23.4 Å². The average molecular weight is 398 g/mol. The highest BCUT2D eigenvalue weighted by Gasteiger charge is 2.33. The van der Waals surface area contributed by atoms with Gasteiger partial charge in [0.05, 0.1) is 5.69 Å². The number of nitrogens with zero attached hydrogens (tertiary/aromatic N) is 2. The number of pyridine rings is 1. The van der Waals surface area contributed by atoms with Crippen molar-refractivity contribution in [1.29, 1.82) is 0 Å². The molecule has 148 valence electrons. The lowest BCUT2D eigenvalue weighted by molar-refractivity contribution is -0.146. The van der Waals surface area contributed by atoms with Crippen LogP contribution in [0.2, 0.25) is 0 Å². The quantitative estimate of drug-likeness (QED) is 0.488. The average Bonchev–Trinajstić information content (AvgIpc) is 2.76. The molecule has 0 spiro atoms. The molecule has 0 radical (unpaired) electrons. The van der Waals surface area contributed by atoms with Crippen molar-refractivity contribution in [3.63, 3.8) is 0 Å². The maximum atomic E-state index is 13.1. The molecular formula is C24H18N2O4. The summed E-state index contributed by atoms with van der Waals surface area (Å²) >= 11 is 0. The summed E-state index contributed by atoms with van der Waals surface area (Å²) in [5, 5.41) is 0. The number of carbonyl (C=O) groups excluding carboxylic acids is 1. The molecule has 0 N–H and O–H groups in total. The maximum Gasteiger partial charge on any atom is 0.318 e. The zero-order valence-corrected chi connectivity index (χ0v) is 16.2. The summed E-state index contributed by atoms with van der Waals surface area (Å²) in [6, 6.07) is 19.9. The molecule has 0 saturated heterocycles. The smallest absolute Gasteiger partial charge is 0.318 e. The lowest BCUT2D eigenvalue weighted by Crippen LogP contribution is -2.22. The largest absolute Gasteiger partial charge is 0.458 e. The van der Waals surface area contributed by atoms with E-state index < -0.39 is 11.9 Å². The van der Waals surface area contributed by atoms with Crippen molar-refractivity contribution in [3.8, 4) is 11.5 Å². The minimum Gasteiger partial charge on any atom is -0.458 e. The zero-order valence-electron chi connectivity index (χ0n) is 16.2. The van der Waals surface area contributed by atoms with E-state index in [1.807, 2.05) is 61.5 Å². The number of esters is 1. The lowest BCUT2D eigenvalue weighted by atomic mass is 9.88. The number of carbonyl (C=O) groups is 1. The van der Waals surface area contributed by atoms with Gasteiger partial charge in [-0.1, -0.05) is 42.5 Å². The van der Waals surface area contributed by atoms with E-state index in [1.54, 1.807) is 12.3 Å². The second-order valence-corrected chi connectivity index (χ2v) is 7.24. The van der Waals surface area contributed by atoms with Crippen LogP contribution in [0.25, 0.3) is 5.65 Å². The number of aromatic nitrogens is 2. The van der Waals surface area contributed by atoms with Crippen LogP contribution in [-0.2, 0) is 16.1 Å². The highest BCUT2D eigenvalue weighted by Crippen LogP contribution is 2.44. The molecule has 2 aromatic heterocycles. The standard InChI is InChI=1S/C24H18N2O4/c1-15-10-11-21-25-16(12-22(27)26(21)13-15)14-29-24(28)23-17-6-2-4-8-19(17)30-20-9-5-3-7-18(20)23/h2-13,23H,14H2,1H3. The SMILES string of the molecule is Cc1ccc2nc(COC(=O)C3c4ccccc4Oc4ccccc43)cc(=O)n2c1. The van der Waals surface area contributed by atoms with Gasteiger partial charge in [-0.25, -0.2) is 4.98 Å². The van der Waals surface area contributed by atoms with E-state index in [9.17, 15) is 9.59 Å². The van der Waals surface area contributed by atoms with Gasteiger partial charge in [-0.15, -0.1) is 0 Å². The van der Waals surface area contributed by atoms with Gasteiger partial charge in [0.25, 0.3) is 5.56 Å². The summed E-state index contributed by atoms with van der Waals surface area (Å²) < 4.78 is 13.0. The second-order valence-electron chi connectivity index (χ2n) is 7.24. The Kier molecular flexibility index (Phi) is 4.32. The predicted octanol–water partition coefficient (Wildman–Crippen LogP) is 3.98. The van der Waals surface area contributed by atoms with E-state index in [0.717, 1.165) is 16.7 Å². The number of hydrogen-bond donors (Lipinski definition) is 0. The zero-order chi connectivity index (χ0) is 20.7. The third-order valence-electron chi connectivity index (χ3n) is 5.14. The van der Waals surface area contributed by atoms with Gasteiger partial charge >= 0.3 is 5.97 Å². The fourth-order valence-corrected chi connectivity index (χ4v) is 3.72. The van der Waals surface area contributed by atoms with Crippen molar-refractivity contribution >= 4 is 11.6 Å². The molecule has 2 aromatic carbocycles. The number of fused-ring (bicyclic) bond motifs is 3. The van der Waals surface area contributed by atoms with Gasteiger partial charge in [0.1, 0.15) is 29.7 Å². The van der Waals surface area contributed by atoms with Crippen LogP contribution in [0.3, 0.4) is 0 Å². The van der Waals surface area contributed by atoms with Gasteiger partial charge in [-0.2, -0.15) is 0 Å². The van der Waals surface area contributed by atoms with Crippen molar-refractivity contribution in [3.05, 3.63) is 106 Å². The van der Waals surface area contributed by atoms with Crippen molar-refractivity contribution < 1.29 is 14.3 Å². The van der Waals surface area contributed by atoms with E-state index in [4.69, 9.17) is 9.47 Å². The molecule has 0 bridgehead atoms. The third-order valence-corrected chi connectivity index (χ3v) is 5.14. The Bertz CT molecular complexity index is 1300. The summed E-state index contributed by atoms with van der Waals surface area (Å²) in [6.07, 6.45) is 1.73. The molecule has 0 saturated carbocycles. The van der Waals surface area contributed by atoms with E-state index >= 15 is 0 Å². The fraction of sp³-hybridized carbons (Fsp3) is 0.125. The second kappa shape index (κ2) is 7.15. The van der Waals surface area contributed by atoms with Crippen LogP contribution in [0, 0.1) is 6.92 Å². The highest BCUT2D eigenvalue weighted by molar-refractivity contribution is 5.85. The number of rotatable bonds is 3. The van der Waals surface area contributed by atoms with Crippen molar-refractivity contribution in [2.75, 3.05) is 0 Å². The van der Waals surface area contributed by atoms with Crippen LogP contribution < -0.4 is 10.3 Å². The Balaban J connectivity index is 1.45. The Morgan fingerprint density at radius 1 is 1.03 bits per heavy atom. The molecule has 0 fully saturated rings. The number of para-hydroxylation sites is 2. The first-order valence-corrected chi connectivity index (χ1v) is 9.61. The minimum absolute atomic E-state index is 0.0832. The molecule has 0 amide bonds. The third kappa shape index (κ3) is 3.12. The summed E-state index contributed by atoms with van der Waals surface area (Å²) in [7, 11) is 0. The van der Waals surface area contributed by atoms with Gasteiger partial charge in [0.2, 0.25) is 0 Å². The van der Waals surface area contributed by atoms with Crippen LogP contribution in [0.5, 0.6) is 11.5 Å². The van der Waals surface area contributed by atoms with Crippen LogP contribution >= 0.6 is 0 Å². The van der Waals surface area contributed by atoms with Crippen molar-refractivity contribution in [1.82, 2.24) is 9.38 Å². The molecular weight excluding hydrogens is 380 g/mol. The fourth-order valence-electron chi connectivity index (χ4n) is 3.72. The first-order chi connectivity index (χ1) is 14.6. The molecule has 30 heavy (non-hydrogen) atoms. The van der Waals surface area contributed by atoms with Gasteiger partial charge in [0.15, 0.2) is 0 Å². The number of aryl methyl sites for hydroxylation is 1. The molecule has 1 aliphatic heterocycles. The Hall–Kier alpha value is -3.93. The molecule has 3 heterocycles. The van der Waals surface area contributed by atoms with E-state index in [-0.39, 0.29) is 12.2 Å². The molecule has 5 rings (SSSR count). The van der Waals surface area contributed by atoms with Crippen LogP contribution in [0.15, 0.2) is 77.7 Å². The Morgan fingerprint density at radius 3 is 2.40 bits per heavy atom. The van der Waals surface area contributed by atoms with Crippen LogP contribution in [0.4, 0.5) is 0 Å². The van der Waals surface area contributed by atoms with Gasteiger partial charge in [-0.3, -0.25) is 14.0 Å². The van der Waals surface area contributed by atoms with Crippen LogP contribution in [-0.4, -0.2) is 15.4 Å². The summed E-state index contributed by atoms with van der Waals surface area (Å²) in [6.45, 7) is 1.82. The normalized spacial score (nSPS) is 12.7. The predicted molar refractivity (Wildman–Crippen MR) is 111 cm³/mol. The highest BCUT2D eigenvalue weighted by atomic mass is 16.5. The number of ether oxygens (including phenoxy) is 2. The molecule has 1 aliphatic rings. The number of benzene rings is 2. The van der Waals surface area contributed by atoms with Crippen LogP contribution in [0.1, 0.15) is 28.3 Å². The van der Waals surface area contributed by atoms with E-state index in [2.05, 4.69) is 4.98 Å². The Morgan fingerprint density at radius 2 is 1.70 bits per heavy atom. The number of hydrogen-bond acceptors (Lipinski definition) is 5. The van der Waals surface area contributed by atoms with Gasteiger partial charge < -0.3 is 9.47 Å². The first kappa shape index (κ1) is 18.1. The monoisotopic (exact) mass is 398 g/mol. The molecule has 0 atom stereocenters. The van der Waals surface area contributed by atoms with Gasteiger partial charge in [-0.05, 0) is 30.7 Å². The minimum atomic E-state index is -0.602. The Labute approximate surface area is 172 Å². The molecule has 0 unspecified atom stereocenters. The molecule has 6 nitrogen and oxygen atoms in total. The molecule has 4 aromatic rings. The summed E-state index contributed by atoms with van der Waals surface area (Å²) in [4.78, 5) is 29.9. The summed E-state index contributed by atoms with van der Waals surface area (Å²) in [5.74, 6) is 0.255. The van der Waals surface area contributed by atoms with Crippen molar-refractivity contribution in [2.45, 2.75) is 19.4 Å². The van der Waals surface area contributed by atoms with Crippen molar-refractivity contribution in [2.24, 2.45) is 0 Å². The topological polar surface area (TPSA) is 69.9 Å². The van der Waals surface area contributed by atoms with E-state index in [0.29, 0.717) is 22.8 Å². The molecule has 0 aliphatic carbocycles. The summed E-state index contributed by atoms with van der Waals surface area (Å²) in [5.41, 5.74) is 3.18. The van der Waals surface area contributed by atoms with E-state index in [1.165, 1.54) is 10.5 Å². The molecule has 6 heteroatoms. The first-order valence-electron chi connectivity index (χ1n) is 9.61.